The van der Waals surface area contributed by atoms with Crippen LogP contribution >= 0.6 is 34.4 Å². The van der Waals surface area contributed by atoms with Crippen molar-refractivity contribution in [3.05, 3.63) is 21.8 Å². The Morgan fingerprint density at radius 1 is 1.30 bits per heavy atom. The van der Waals surface area contributed by atoms with E-state index in [1.807, 2.05) is 6.92 Å². The Hall–Kier alpha value is -1.58. The fourth-order valence-electron chi connectivity index (χ4n) is 2.65. The van der Waals surface area contributed by atoms with E-state index in [0.717, 1.165) is 33.1 Å². The van der Waals surface area contributed by atoms with Gasteiger partial charge in [0.1, 0.15) is 21.2 Å². The number of nitrogens with one attached hydrogen (secondary N) is 1. The molecule has 0 atom stereocenters. The lowest BCUT2D eigenvalue weighted by Gasteiger charge is -2.03. The van der Waals surface area contributed by atoms with Crippen LogP contribution in [0.5, 0.6) is 0 Å². The normalized spacial score (nSPS) is 13.4. The van der Waals surface area contributed by atoms with Crippen molar-refractivity contribution in [1.29, 1.82) is 0 Å². The zero-order valence-electron chi connectivity index (χ0n) is 12.3. The van der Waals surface area contributed by atoms with Crippen molar-refractivity contribution in [2.45, 2.75) is 31.2 Å². The first-order valence-corrected chi connectivity index (χ1v) is 9.80. The average Bonchev–Trinajstić information content (AvgIpc) is 3.20. The molecule has 3 aromatic heterocycles. The van der Waals surface area contributed by atoms with Gasteiger partial charge in [-0.2, -0.15) is 0 Å². The molecule has 4 rings (SSSR count). The highest BCUT2D eigenvalue weighted by molar-refractivity contribution is 8.00. The van der Waals surface area contributed by atoms with E-state index >= 15 is 0 Å². The molecule has 0 spiro atoms. The fraction of sp³-hybridized carbons (Fsp3) is 0.357. The summed E-state index contributed by atoms with van der Waals surface area (Å²) in [7, 11) is 0. The molecule has 118 valence electrons. The largest absolute Gasteiger partial charge is 0.300 e. The molecule has 1 aliphatic rings. The Bertz CT molecular complexity index is 888. The number of rotatable bonds is 4. The molecule has 6 nitrogen and oxygen atoms in total. The summed E-state index contributed by atoms with van der Waals surface area (Å²) in [5.41, 5.74) is 1.38. The van der Waals surface area contributed by atoms with E-state index < -0.39 is 0 Å². The number of hydrogen-bond donors (Lipinski definition) is 1. The van der Waals surface area contributed by atoms with Gasteiger partial charge in [0.15, 0.2) is 0 Å². The van der Waals surface area contributed by atoms with E-state index in [4.69, 9.17) is 0 Å². The van der Waals surface area contributed by atoms with Crippen LogP contribution in [-0.4, -0.2) is 31.8 Å². The van der Waals surface area contributed by atoms with Gasteiger partial charge < -0.3 is 0 Å². The lowest BCUT2D eigenvalue weighted by atomic mass is 10.2. The summed E-state index contributed by atoms with van der Waals surface area (Å²) in [6.45, 7) is 1.86. The van der Waals surface area contributed by atoms with Crippen LogP contribution in [0.4, 0.5) is 5.13 Å². The summed E-state index contributed by atoms with van der Waals surface area (Å²) in [5, 5.41) is 14.0. The van der Waals surface area contributed by atoms with Crippen molar-refractivity contribution < 1.29 is 4.79 Å². The monoisotopic (exact) mass is 363 g/mol. The third-order valence-electron chi connectivity index (χ3n) is 3.58. The van der Waals surface area contributed by atoms with E-state index in [1.54, 1.807) is 17.7 Å². The van der Waals surface area contributed by atoms with Crippen LogP contribution in [0.3, 0.4) is 0 Å². The van der Waals surface area contributed by atoms with Crippen molar-refractivity contribution in [2.24, 2.45) is 0 Å². The van der Waals surface area contributed by atoms with E-state index in [0.29, 0.717) is 10.9 Å². The molecule has 0 radical (unpaired) electrons. The number of carbonyl (C=O) groups is 1. The minimum absolute atomic E-state index is 0.0928. The second-order valence-electron chi connectivity index (χ2n) is 5.18. The fourth-order valence-corrected chi connectivity index (χ4v) is 5.37. The molecule has 3 aromatic rings. The van der Waals surface area contributed by atoms with Gasteiger partial charge in [-0.25, -0.2) is 9.97 Å². The summed E-state index contributed by atoms with van der Waals surface area (Å²) in [5.74, 6) is 0.208. The maximum Gasteiger partial charge on any atom is 0.236 e. The molecule has 9 heteroatoms. The topological polar surface area (TPSA) is 80.7 Å². The number of aromatic nitrogens is 4. The first-order valence-electron chi connectivity index (χ1n) is 7.18. The summed E-state index contributed by atoms with van der Waals surface area (Å²) in [6, 6.07) is 0. The van der Waals surface area contributed by atoms with Crippen LogP contribution in [0, 0.1) is 6.92 Å². The second kappa shape index (κ2) is 6.14. The molecule has 0 fully saturated rings. The highest BCUT2D eigenvalue weighted by Crippen LogP contribution is 2.39. The number of thiophene rings is 1. The summed E-state index contributed by atoms with van der Waals surface area (Å²) < 4.78 is 0. The van der Waals surface area contributed by atoms with Gasteiger partial charge in [0.2, 0.25) is 11.0 Å². The highest BCUT2D eigenvalue weighted by atomic mass is 32.2. The van der Waals surface area contributed by atoms with Gasteiger partial charge in [-0.3, -0.25) is 10.1 Å². The molecule has 1 amide bonds. The van der Waals surface area contributed by atoms with Crippen molar-refractivity contribution in [3.8, 4) is 0 Å². The zero-order chi connectivity index (χ0) is 15.8. The summed E-state index contributed by atoms with van der Waals surface area (Å²) in [6.07, 6.45) is 5.01. The van der Waals surface area contributed by atoms with Gasteiger partial charge in [0.05, 0.1) is 5.75 Å². The average molecular weight is 363 g/mol. The third-order valence-corrected chi connectivity index (χ3v) is 6.52. The molecule has 0 bridgehead atoms. The highest BCUT2D eigenvalue weighted by Gasteiger charge is 2.21. The molecule has 0 aliphatic heterocycles. The Labute approximate surface area is 144 Å². The summed E-state index contributed by atoms with van der Waals surface area (Å²) >= 11 is 4.58. The molecule has 1 N–H and O–H groups in total. The third kappa shape index (κ3) is 2.96. The maximum absolute atomic E-state index is 12.1. The number of anilines is 1. The molecule has 3 heterocycles. The van der Waals surface area contributed by atoms with Gasteiger partial charge in [0.25, 0.3) is 0 Å². The van der Waals surface area contributed by atoms with Crippen LogP contribution in [0.2, 0.25) is 0 Å². The van der Waals surface area contributed by atoms with E-state index in [2.05, 4.69) is 25.5 Å². The molecule has 0 saturated carbocycles. The number of amides is 1. The van der Waals surface area contributed by atoms with Crippen LogP contribution in [-0.2, 0) is 17.6 Å². The SMILES string of the molecule is Cc1nnc(NC(=O)CSc2ncnc3sc4c(c23)CCC4)s1. The van der Waals surface area contributed by atoms with E-state index in [1.165, 1.54) is 40.0 Å². The molecule has 1 aliphatic carbocycles. The van der Waals surface area contributed by atoms with Gasteiger partial charge >= 0.3 is 0 Å². The van der Waals surface area contributed by atoms with Gasteiger partial charge in [-0.1, -0.05) is 23.1 Å². The lowest BCUT2D eigenvalue weighted by Crippen LogP contribution is -2.14. The quantitative estimate of drug-likeness (QED) is 0.567. The smallest absolute Gasteiger partial charge is 0.236 e. The predicted molar refractivity (Wildman–Crippen MR) is 93.4 cm³/mol. The van der Waals surface area contributed by atoms with Crippen molar-refractivity contribution in [3.63, 3.8) is 0 Å². The molecular formula is C14H13N5OS3. The number of carbonyl (C=O) groups excluding carboxylic acids is 1. The van der Waals surface area contributed by atoms with Crippen molar-refractivity contribution in [1.82, 2.24) is 20.2 Å². The predicted octanol–water partition coefficient (Wildman–Crippen LogP) is 3.07. The molecule has 0 aromatic carbocycles. The summed E-state index contributed by atoms with van der Waals surface area (Å²) in [4.78, 5) is 23.3. The first kappa shape index (κ1) is 15.0. The number of aryl methyl sites for hydroxylation is 3. The van der Waals surface area contributed by atoms with Crippen LogP contribution in [0.15, 0.2) is 11.4 Å². The van der Waals surface area contributed by atoms with Crippen LogP contribution in [0.25, 0.3) is 10.2 Å². The Morgan fingerprint density at radius 3 is 3.04 bits per heavy atom. The van der Waals surface area contributed by atoms with E-state index in [9.17, 15) is 4.79 Å². The van der Waals surface area contributed by atoms with E-state index in [-0.39, 0.29) is 5.91 Å². The van der Waals surface area contributed by atoms with Crippen LogP contribution in [0.1, 0.15) is 21.9 Å². The number of nitrogens with zero attached hydrogens (tertiary/aromatic N) is 4. The Kier molecular flexibility index (Phi) is 4.00. The number of thioether (sulfide) groups is 1. The lowest BCUT2D eigenvalue weighted by molar-refractivity contribution is -0.113. The second-order valence-corrected chi connectivity index (χ2v) is 8.41. The van der Waals surface area contributed by atoms with Gasteiger partial charge in [0, 0.05) is 10.3 Å². The van der Waals surface area contributed by atoms with Crippen LogP contribution < -0.4 is 5.32 Å². The standard InChI is InChI=1S/C14H13N5OS3/c1-7-18-19-14(22-7)17-10(20)5-21-12-11-8-3-2-4-9(8)23-13(11)16-6-15-12/h6H,2-5H2,1H3,(H,17,19,20). The first-order chi connectivity index (χ1) is 11.2. The molecule has 0 saturated heterocycles. The maximum atomic E-state index is 12.1. The number of hydrogen-bond acceptors (Lipinski definition) is 8. The van der Waals surface area contributed by atoms with Crippen molar-refractivity contribution >= 4 is 55.7 Å². The van der Waals surface area contributed by atoms with Gasteiger partial charge in [-0.15, -0.1) is 21.5 Å². The minimum atomic E-state index is -0.0928. The van der Waals surface area contributed by atoms with Gasteiger partial charge in [-0.05, 0) is 31.7 Å². The molecule has 23 heavy (non-hydrogen) atoms. The Balaban J connectivity index is 1.51. The molecular weight excluding hydrogens is 350 g/mol. The minimum Gasteiger partial charge on any atom is -0.300 e. The Morgan fingerprint density at radius 2 is 2.22 bits per heavy atom. The molecule has 0 unspecified atom stereocenters. The zero-order valence-corrected chi connectivity index (χ0v) is 14.8. The van der Waals surface area contributed by atoms with Crippen molar-refractivity contribution in [2.75, 3.05) is 11.1 Å². The number of fused-ring (bicyclic) bond motifs is 3.